The van der Waals surface area contributed by atoms with E-state index < -0.39 is 34.9 Å². The Labute approximate surface area is 199 Å². The van der Waals surface area contributed by atoms with Gasteiger partial charge in [-0.2, -0.15) is 0 Å². The quantitative estimate of drug-likeness (QED) is 0.659. The zero-order chi connectivity index (χ0) is 25.9. The molecular weight excluding hydrogens is 418 g/mol. The van der Waals surface area contributed by atoms with Gasteiger partial charge in [-0.1, -0.05) is 23.8 Å². The zero-order valence-electron chi connectivity index (χ0n) is 22.5. The predicted octanol–water partition coefficient (Wildman–Crippen LogP) is 4.80. The van der Waals surface area contributed by atoms with Crippen LogP contribution >= 0.6 is 0 Å². The number of alkyl carbamates (subject to hydrolysis) is 1. The fourth-order valence-electron chi connectivity index (χ4n) is 3.57. The van der Waals surface area contributed by atoms with Crippen molar-refractivity contribution in [3.05, 3.63) is 34.9 Å². The Morgan fingerprint density at radius 1 is 0.939 bits per heavy atom. The number of aryl methyl sites for hydroxylation is 2. The standard InChI is InChI=1S/C26H43N3O4/c1-16-13-14-19(17(2)15-16)20(21(30)28-24(4,5)6)29(25(7,8)9)22(31)18(3)27-23(32)33-26(10,11)12/h13-15,18,20H,1-12H3,(H,27,32)(H,28,30). The Morgan fingerprint density at radius 3 is 1.91 bits per heavy atom. The Balaban J connectivity index is 3.50. The predicted molar refractivity (Wildman–Crippen MR) is 132 cm³/mol. The number of ether oxygens (including phenoxy) is 1. The van der Waals surface area contributed by atoms with Gasteiger partial charge < -0.3 is 20.3 Å². The molecule has 0 saturated carbocycles. The largest absolute Gasteiger partial charge is 0.444 e. The third-order valence-corrected chi connectivity index (χ3v) is 4.79. The van der Waals surface area contributed by atoms with Gasteiger partial charge >= 0.3 is 6.09 Å². The summed E-state index contributed by atoms with van der Waals surface area (Å²) in [5.74, 6) is -0.649. The average Bonchev–Trinajstić information content (AvgIpc) is 2.55. The first-order valence-corrected chi connectivity index (χ1v) is 11.4. The summed E-state index contributed by atoms with van der Waals surface area (Å²) in [6, 6.07) is 4.07. The zero-order valence-corrected chi connectivity index (χ0v) is 22.5. The minimum absolute atomic E-state index is 0.276. The Hall–Kier alpha value is -2.57. The highest BCUT2D eigenvalue weighted by atomic mass is 16.6. The maximum absolute atomic E-state index is 13.7. The van der Waals surface area contributed by atoms with E-state index in [1.807, 2.05) is 73.6 Å². The summed E-state index contributed by atoms with van der Waals surface area (Å²) in [6.07, 6.45) is -0.681. The number of nitrogens with zero attached hydrogens (tertiary/aromatic N) is 1. The second kappa shape index (κ2) is 10.1. The van der Waals surface area contributed by atoms with Crippen molar-refractivity contribution in [2.75, 3.05) is 0 Å². The molecule has 0 radical (unpaired) electrons. The van der Waals surface area contributed by atoms with E-state index in [4.69, 9.17) is 4.74 Å². The topological polar surface area (TPSA) is 87.7 Å². The molecule has 2 unspecified atom stereocenters. The van der Waals surface area contributed by atoms with E-state index >= 15 is 0 Å². The van der Waals surface area contributed by atoms with Crippen molar-refractivity contribution in [3.8, 4) is 0 Å². The summed E-state index contributed by atoms with van der Waals surface area (Å²) >= 11 is 0. The van der Waals surface area contributed by atoms with Crippen LogP contribution in [-0.4, -0.2) is 45.5 Å². The van der Waals surface area contributed by atoms with Gasteiger partial charge in [-0.15, -0.1) is 0 Å². The highest BCUT2D eigenvalue weighted by Gasteiger charge is 2.42. The molecule has 2 atom stereocenters. The lowest BCUT2D eigenvalue weighted by Crippen LogP contribution is -2.59. The van der Waals surface area contributed by atoms with E-state index in [2.05, 4.69) is 10.6 Å². The molecule has 2 N–H and O–H groups in total. The van der Waals surface area contributed by atoms with Gasteiger partial charge in [0.15, 0.2) is 0 Å². The van der Waals surface area contributed by atoms with Gasteiger partial charge in [0, 0.05) is 11.1 Å². The van der Waals surface area contributed by atoms with E-state index in [1.165, 1.54) is 0 Å². The van der Waals surface area contributed by atoms with Crippen molar-refractivity contribution in [2.45, 2.75) is 112 Å². The maximum atomic E-state index is 13.7. The molecule has 0 saturated heterocycles. The first kappa shape index (κ1) is 28.5. The SMILES string of the molecule is Cc1ccc(C(C(=O)NC(C)(C)C)N(C(=O)C(C)NC(=O)OC(C)(C)C)C(C)(C)C)c(C)c1. The molecule has 0 spiro atoms. The van der Waals surface area contributed by atoms with Crippen LogP contribution in [0.5, 0.6) is 0 Å². The van der Waals surface area contributed by atoms with Crippen LogP contribution in [0.25, 0.3) is 0 Å². The average molecular weight is 462 g/mol. The van der Waals surface area contributed by atoms with E-state index in [0.29, 0.717) is 0 Å². The van der Waals surface area contributed by atoms with Gasteiger partial charge in [0.25, 0.3) is 0 Å². The summed E-state index contributed by atoms with van der Waals surface area (Å²) < 4.78 is 5.31. The number of nitrogens with one attached hydrogen (secondary N) is 2. The summed E-state index contributed by atoms with van der Waals surface area (Å²) in [6.45, 7) is 22.2. The third-order valence-electron chi connectivity index (χ3n) is 4.79. The van der Waals surface area contributed by atoms with Crippen molar-refractivity contribution in [1.29, 1.82) is 0 Å². The van der Waals surface area contributed by atoms with Gasteiger partial charge in [0.2, 0.25) is 11.8 Å². The number of hydrogen-bond acceptors (Lipinski definition) is 4. The second-order valence-electron chi connectivity index (χ2n) is 11.7. The molecule has 0 bridgehead atoms. The first-order chi connectivity index (χ1) is 14.7. The first-order valence-electron chi connectivity index (χ1n) is 11.4. The molecule has 1 rings (SSSR count). The molecule has 7 nitrogen and oxygen atoms in total. The lowest BCUT2D eigenvalue weighted by Gasteiger charge is -2.43. The van der Waals surface area contributed by atoms with Crippen LogP contribution in [0.1, 0.15) is 92.0 Å². The van der Waals surface area contributed by atoms with E-state index in [9.17, 15) is 14.4 Å². The molecule has 7 heteroatoms. The van der Waals surface area contributed by atoms with Crippen molar-refractivity contribution in [2.24, 2.45) is 0 Å². The van der Waals surface area contributed by atoms with E-state index in [-0.39, 0.29) is 11.8 Å². The Kier molecular flexibility index (Phi) is 8.75. The van der Waals surface area contributed by atoms with Crippen molar-refractivity contribution >= 4 is 17.9 Å². The van der Waals surface area contributed by atoms with Crippen LogP contribution < -0.4 is 10.6 Å². The van der Waals surface area contributed by atoms with Crippen molar-refractivity contribution in [1.82, 2.24) is 15.5 Å². The van der Waals surface area contributed by atoms with Crippen LogP contribution in [0.3, 0.4) is 0 Å². The minimum Gasteiger partial charge on any atom is -0.444 e. The molecular formula is C26H43N3O4. The minimum atomic E-state index is -0.894. The summed E-state index contributed by atoms with van der Waals surface area (Å²) in [7, 11) is 0. The van der Waals surface area contributed by atoms with Gasteiger partial charge in [0.1, 0.15) is 17.7 Å². The van der Waals surface area contributed by atoms with Gasteiger partial charge in [-0.25, -0.2) is 4.79 Å². The molecule has 0 aliphatic rings. The van der Waals surface area contributed by atoms with E-state index in [0.717, 1.165) is 16.7 Å². The van der Waals surface area contributed by atoms with Gasteiger partial charge in [-0.05, 0) is 94.2 Å². The summed E-state index contributed by atoms with van der Waals surface area (Å²) in [5, 5.41) is 5.65. The summed E-state index contributed by atoms with van der Waals surface area (Å²) in [4.78, 5) is 41.2. The lowest BCUT2D eigenvalue weighted by atomic mass is 9.91. The number of amides is 3. The number of rotatable bonds is 5. The van der Waals surface area contributed by atoms with Crippen LogP contribution in [0.4, 0.5) is 4.79 Å². The number of hydrogen-bond donors (Lipinski definition) is 2. The molecule has 0 aliphatic heterocycles. The molecule has 186 valence electrons. The maximum Gasteiger partial charge on any atom is 0.408 e. The number of carbonyl (C=O) groups is 3. The molecule has 0 heterocycles. The number of carbonyl (C=O) groups excluding carboxylic acids is 3. The Bertz CT molecular complexity index is 873. The van der Waals surface area contributed by atoms with Gasteiger partial charge in [-0.3, -0.25) is 9.59 Å². The van der Waals surface area contributed by atoms with Crippen molar-refractivity contribution in [3.63, 3.8) is 0 Å². The normalized spacial score (nSPS) is 14.2. The smallest absolute Gasteiger partial charge is 0.408 e. The van der Waals surface area contributed by atoms with Crippen LogP contribution in [0, 0.1) is 13.8 Å². The molecule has 1 aromatic carbocycles. The van der Waals surface area contributed by atoms with Crippen LogP contribution in [0.15, 0.2) is 18.2 Å². The monoisotopic (exact) mass is 461 g/mol. The van der Waals surface area contributed by atoms with Crippen LogP contribution in [0.2, 0.25) is 0 Å². The van der Waals surface area contributed by atoms with Crippen molar-refractivity contribution < 1.29 is 19.1 Å². The molecule has 0 fully saturated rings. The molecule has 0 aromatic heterocycles. The molecule has 1 aromatic rings. The van der Waals surface area contributed by atoms with Crippen LogP contribution in [-0.2, 0) is 14.3 Å². The van der Waals surface area contributed by atoms with E-state index in [1.54, 1.807) is 32.6 Å². The highest BCUT2D eigenvalue weighted by molar-refractivity contribution is 5.92. The molecule has 33 heavy (non-hydrogen) atoms. The summed E-state index contributed by atoms with van der Waals surface area (Å²) in [5.41, 5.74) is 0.845. The van der Waals surface area contributed by atoms with Gasteiger partial charge in [0.05, 0.1) is 0 Å². The molecule has 3 amide bonds. The highest BCUT2D eigenvalue weighted by Crippen LogP contribution is 2.32. The fraction of sp³-hybridized carbons (Fsp3) is 0.654. The molecule has 0 aliphatic carbocycles. The Morgan fingerprint density at radius 2 is 1.48 bits per heavy atom. The third kappa shape index (κ3) is 8.71. The fourth-order valence-corrected chi connectivity index (χ4v) is 3.57. The second-order valence-corrected chi connectivity index (χ2v) is 11.7. The number of benzene rings is 1. The lowest BCUT2D eigenvalue weighted by molar-refractivity contribution is -0.148.